The molecule has 10 nitrogen and oxygen atoms in total. The number of esters is 1. The number of rotatable bonds is 4. The van der Waals surface area contributed by atoms with Crippen molar-refractivity contribution in [1.82, 2.24) is 19.8 Å². The summed E-state index contributed by atoms with van der Waals surface area (Å²) in [6.45, 7) is 3.92. The standard InChI is InChI=1S/C29H29FN4O6/c1-3-29(39)18-6-22-26-16(10-34(22)27(37)17(18)12-40-28(29)38)25-20(31-14-8-33(9-14)23(36)11-35)5-4-15-13(2)19(30)7-21(32-26)24(15)25/h6-7,14,20,31,35,39H,3-5,8-12H2,1-2H3/t20-,29-/m0/s1. The molecule has 0 saturated carbocycles. The summed E-state index contributed by atoms with van der Waals surface area (Å²) in [5.74, 6) is -1.43. The van der Waals surface area contributed by atoms with E-state index in [1.165, 1.54) is 6.07 Å². The molecule has 1 amide bonds. The van der Waals surface area contributed by atoms with Crippen LogP contribution in [0.5, 0.6) is 0 Å². The van der Waals surface area contributed by atoms with Crippen LogP contribution in [0.15, 0.2) is 16.9 Å². The van der Waals surface area contributed by atoms with Gasteiger partial charge in [0.05, 0.1) is 29.0 Å². The van der Waals surface area contributed by atoms with Gasteiger partial charge >= 0.3 is 5.97 Å². The monoisotopic (exact) mass is 548 g/mol. The predicted molar refractivity (Wildman–Crippen MR) is 141 cm³/mol. The van der Waals surface area contributed by atoms with Crippen molar-refractivity contribution in [3.8, 4) is 11.4 Å². The summed E-state index contributed by atoms with van der Waals surface area (Å²) in [5.41, 5.74) is 3.03. The molecule has 1 saturated heterocycles. The van der Waals surface area contributed by atoms with Gasteiger partial charge in [0.25, 0.3) is 5.56 Å². The van der Waals surface area contributed by atoms with Crippen LogP contribution in [0.1, 0.15) is 59.2 Å². The van der Waals surface area contributed by atoms with Crippen LogP contribution in [0.25, 0.3) is 22.3 Å². The maximum absolute atomic E-state index is 15.0. The molecule has 0 radical (unpaired) electrons. The molecule has 5 heterocycles. The maximum atomic E-state index is 15.0. The van der Waals surface area contributed by atoms with Gasteiger partial charge in [0.1, 0.15) is 19.0 Å². The van der Waals surface area contributed by atoms with Crippen LogP contribution in [0.3, 0.4) is 0 Å². The third kappa shape index (κ3) is 3.31. The van der Waals surface area contributed by atoms with Crippen molar-refractivity contribution in [1.29, 1.82) is 0 Å². The van der Waals surface area contributed by atoms with Gasteiger partial charge in [-0.05, 0) is 48.9 Å². The molecule has 1 aromatic carbocycles. The number of hydrogen-bond acceptors (Lipinski definition) is 8. The Morgan fingerprint density at radius 2 is 2.02 bits per heavy atom. The summed E-state index contributed by atoms with van der Waals surface area (Å²) < 4.78 is 21.8. The lowest BCUT2D eigenvalue weighted by molar-refractivity contribution is -0.172. The zero-order chi connectivity index (χ0) is 28.1. The third-order valence-electron chi connectivity index (χ3n) is 9.18. The van der Waals surface area contributed by atoms with Gasteiger partial charge in [-0.1, -0.05) is 6.92 Å². The number of cyclic esters (lactones) is 1. The Morgan fingerprint density at radius 3 is 2.75 bits per heavy atom. The molecule has 40 heavy (non-hydrogen) atoms. The molecule has 1 fully saturated rings. The number of nitrogens with one attached hydrogen (secondary N) is 1. The van der Waals surface area contributed by atoms with Crippen LogP contribution in [-0.4, -0.2) is 62.3 Å². The van der Waals surface area contributed by atoms with Crippen LogP contribution in [0, 0.1) is 12.7 Å². The van der Waals surface area contributed by atoms with Gasteiger partial charge in [-0.3, -0.25) is 9.59 Å². The van der Waals surface area contributed by atoms with E-state index in [9.17, 15) is 24.6 Å². The highest BCUT2D eigenvalue weighted by Crippen LogP contribution is 2.46. The van der Waals surface area contributed by atoms with Gasteiger partial charge in [-0.2, -0.15) is 0 Å². The summed E-state index contributed by atoms with van der Waals surface area (Å²) in [6, 6.07) is 3.01. The van der Waals surface area contributed by atoms with Crippen molar-refractivity contribution in [2.24, 2.45) is 0 Å². The van der Waals surface area contributed by atoms with E-state index in [2.05, 4.69) is 5.32 Å². The number of halogens is 1. The van der Waals surface area contributed by atoms with Gasteiger partial charge in [-0.25, -0.2) is 14.2 Å². The first kappa shape index (κ1) is 25.3. The maximum Gasteiger partial charge on any atom is 0.343 e. The summed E-state index contributed by atoms with van der Waals surface area (Å²) in [6.07, 6.45) is 1.40. The fourth-order valence-electron chi connectivity index (χ4n) is 6.89. The number of aliphatic hydroxyl groups is 2. The van der Waals surface area contributed by atoms with E-state index in [4.69, 9.17) is 9.72 Å². The van der Waals surface area contributed by atoms with E-state index in [-0.39, 0.29) is 60.1 Å². The first-order valence-electron chi connectivity index (χ1n) is 13.6. The second-order valence-electron chi connectivity index (χ2n) is 11.2. The second kappa shape index (κ2) is 8.66. The lowest BCUT2D eigenvalue weighted by Crippen LogP contribution is -2.61. The molecule has 3 aromatic rings. The molecule has 3 aliphatic heterocycles. The average molecular weight is 549 g/mol. The number of nitrogens with zero attached hydrogens (tertiary/aromatic N) is 3. The number of carbonyl (C=O) groups excluding carboxylic acids is 2. The summed E-state index contributed by atoms with van der Waals surface area (Å²) in [4.78, 5) is 44.6. The fourth-order valence-corrected chi connectivity index (χ4v) is 6.89. The zero-order valence-corrected chi connectivity index (χ0v) is 22.2. The van der Waals surface area contributed by atoms with Crippen LogP contribution in [-0.2, 0) is 39.5 Å². The summed E-state index contributed by atoms with van der Waals surface area (Å²) in [5, 5.41) is 24.9. The third-order valence-corrected chi connectivity index (χ3v) is 9.18. The molecule has 2 aromatic heterocycles. The van der Waals surface area contributed by atoms with E-state index in [1.807, 2.05) is 0 Å². The molecule has 2 atom stereocenters. The van der Waals surface area contributed by atoms with Crippen LogP contribution in [0.4, 0.5) is 4.39 Å². The average Bonchev–Trinajstić information content (AvgIpc) is 3.30. The molecular formula is C29H29FN4O6. The summed E-state index contributed by atoms with van der Waals surface area (Å²) >= 11 is 0. The van der Waals surface area contributed by atoms with Crippen LogP contribution in [0.2, 0.25) is 0 Å². The minimum Gasteiger partial charge on any atom is -0.458 e. The van der Waals surface area contributed by atoms with Gasteiger partial charge in [-0.15, -0.1) is 0 Å². The number of likely N-dealkylation sites (tertiary alicyclic amines) is 1. The van der Waals surface area contributed by atoms with Crippen LogP contribution < -0.4 is 10.9 Å². The largest absolute Gasteiger partial charge is 0.458 e. The molecule has 4 aliphatic rings. The van der Waals surface area contributed by atoms with Crippen molar-refractivity contribution in [3.63, 3.8) is 0 Å². The van der Waals surface area contributed by atoms with Gasteiger partial charge < -0.3 is 29.7 Å². The van der Waals surface area contributed by atoms with E-state index in [0.717, 1.165) is 22.1 Å². The number of benzene rings is 1. The first-order chi connectivity index (χ1) is 19.2. The Hall–Kier alpha value is -3.67. The smallest absolute Gasteiger partial charge is 0.343 e. The number of hydrogen-bond donors (Lipinski definition) is 3. The lowest BCUT2D eigenvalue weighted by Gasteiger charge is -2.42. The minimum atomic E-state index is -1.93. The van der Waals surface area contributed by atoms with Crippen molar-refractivity contribution < 1.29 is 28.9 Å². The molecule has 0 bridgehead atoms. The van der Waals surface area contributed by atoms with E-state index in [1.54, 1.807) is 29.4 Å². The Bertz CT molecular complexity index is 1710. The fraction of sp³-hybridized carbons (Fsp3) is 0.448. The Labute approximate surface area is 228 Å². The summed E-state index contributed by atoms with van der Waals surface area (Å²) in [7, 11) is 0. The molecule has 208 valence electrons. The molecule has 11 heteroatoms. The number of carbonyl (C=O) groups is 2. The second-order valence-corrected chi connectivity index (χ2v) is 11.2. The zero-order valence-electron chi connectivity index (χ0n) is 22.2. The topological polar surface area (TPSA) is 134 Å². The number of amides is 1. The quantitative estimate of drug-likeness (QED) is 0.325. The number of ether oxygens (including phenoxy) is 1. The molecule has 0 unspecified atom stereocenters. The van der Waals surface area contributed by atoms with Gasteiger partial charge in [0.2, 0.25) is 5.91 Å². The Morgan fingerprint density at radius 1 is 1.25 bits per heavy atom. The Kier molecular flexibility index (Phi) is 5.48. The number of fused-ring (bicyclic) bond motifs is 5. The molecule has 0 spiro atoms. The van der Waals surface area contributed by atoms with Gasteiger partial charge in [0, 0.05) is 47.8 Å². The van der Waals surface area contributed by atoms with Crippen molar-refractivity contribution in [2.45, 2.75) is 63.9 Å². The van der Waals surface area contributed by atoms with Crippen molar-refractivity contribution in [3.05, 3.63) is 61.7 Å². The van der Waals surface area contributed by atoms with Crippen molar-refractivity contribution >= 4 is 22.8 Å². The lowest BCUT2D eigenvalue weighted by atomic mass is 9.81. The normalized spacial score (nSPS) is 23.0. The molecule has 3 N–H and O–H groups in total. The highest BCUT2D eigenvalue weighted by atomic mass is 19.1. The van der Waals surface area contributed by atoms with Crippen LogP contribution >= 0.6 is 0 Å². The number of aromatic nitrogens is 2. The minimum absolute atomic E-state index is 0.0315. The Balaban J connectivity index is 1.40. The first-order valence-corrected chi connectivity index (χ1v) is 13.6. The van der Waals surface area contributed by atoms with Crippen molar-refractivity contribution in [2.75, 3.05) is 19.7 Å². The molecular weight excluding hydrogens is 519 g/mol. The SMILES string of the molecule is CC[C@@]1(O)C(=O)OCc2c1cc1n(c2=O)Cc2c-1nc1cc(F)c(C)c3c1c2[C@@H](NC1CN(C(=O)CO)C1)CC3. The van der Waals surface area contributed by atoms with Gasteiger partial charge in [0.15, 0.2) is 5.60 Å². The highest BCUT2D eigenvalue weighted by molar-refractivity contribution is 5.93. The predicted octanol–water partition coefficient (Wildman–Crippen LogP) is 1.31. The number of pyridine rings is 2. The number of aryl methyl sites for hydroxylation is 1. The molecule has 7 rings (SSSR count). The van der Waals surface area contributed by atoms with E-state index >= 15 is 4.39 Å². The molecule has 1 aliphatic carbocycles. The van der Waals surface area contributed by atoms with E-state index in [0.29, 0.717) is 48.4 Å². The highest BCUT2D eigenvalue weighted by Gasteiger charge is 2.46. The van der Waals surface area contributed by atoms with E-state index < -0.39 is 18.2 Å². The number of aliphatic hydroxyl groups excluding tert-OH is 1.